The first-order valence-electron chi connectivity index (χ1n) is 7.33. The molecule has 0 atom stereocenters. The van der Waals surface area contributed by atoms with E-state index >= 15 is 0 Å². The molecule has 0 spiro atoms. The minimum Gasteiger partial charge on any atom is -0.352 e. The minimum atomic E-state index is -0.102. The average Bonchev–Trinajstić information content (AvgIpc) is 2.43. The number of carbonyl (C=O) groups excluding carboxylic acids is 1. The summed E-state index contributed by atoms with van der Waals surface area (Å²) in [6, 6.07) is 5.20. The Morgan fingerprint density at radius 3 is 2.75 bits per heavy atom. The Kier molecular flexibility index (Phi) is 5.79. The molecule has 1 aliphatic rings. The monoisotopic (exact) mass is 311 g/mol. The lowest BCUT2D eigenvalue weighted by molar-refractivity contribution is 0.0949. The second-order valence-electron chi connectivity index (χ2n) is 5.83. The first-order valence-corrected chi connectivity index (χ1v) is 8.15. The van der Waals surface area contributed by atoms with Crippen molar-refractivity contribution in [2.45, 2.75) is 43.9 Å². The van der Waals surface area contributed by atoms with Gasteiger partial charge in [0.15, 0.2) is 0 Å². The van der Waals surface area contributed by atoms with Crippen LogP contribution in [0.15, 0.2) is 23.1 Å². The number of carbonyl (C=O) groups is 1. The second kappa shape index (κ2) is 7.37. The predicted octanol–water partition coefficient (Wildman–Crippen LogP) is 4.57. The number of amides is 1. The van der Waals surface area contributed by atoms with Crippen LogP contribution < -0.4 is 5.32 Å². The van der Waals surface area contributed by atoms with E-state index in [4.69, 9.17) is 11.6 Å². The average molecular weight is 312 g/mol. The molecule has 1 aromatic rings. The number of rotatable bonds is 4. The molecule has 1 N–H and O–H groups in total. The number of hydrogen-bond donors (Lipinski definition) is 2. The van der Waals surface area contributed by atoms with Gasteiger partial charge in [-0.3, -0.25) is 4.79 Å². The Hall–Kier alpha value is -0.670. The van der Waals surface area contributed by atoms with Gasteiger partial charge in [-0.05, 0) is 36.5 Å². The summed E-state index contributed by atoms with van der Waals surface area (Å²) in [4.78, 5) is 12.8. The Balaban J connectivity index is 1.79. The van der Waals surface area contributed by atoms with Gasteiger partial charge in [0.1, 0.15) is 0 Å². The third-order valence-electron chi connectivity index (χ3n) is 4.17. The quantitative estimate of drug-likeness (QED) is 0.783. The zero-order valence-electron chi connectivity index (χ0n) is 11.9. The van der Waals surface area contributed by atoms with Crippen molar-refractivity contribution in [3.05, 3.63) is 28.8 Å². The molecule has 0 unspecified atom stereocenters. The van der Waals surface area contributed by atoms with Gasteiger partial charge in [0, 0.05) is 11.4 Å². The number of benzene rings is 1. The van der Waals surface area contributed by atoms with Gasteiger partial charge in [-0.2, -0.15) is 0 Å². The van der Waals surface area contributed by atoms with E-state index in [1.54, 1.807) is 18.2 Å². The molecule has 0 radical (unpaired) electrons. The summed E-state index contributed by atoms with van der Waals surface area (Å²) >= 11 is 10.3. The van der Waals surface area contributed by atoms with E-state index in [1.165, 1.54) is 25.7 Å². The van der Waals surface area contributed by atoms with Crippen molar-refractivity contribution in [2.75, 3.05) is 6.54 Å². The third-order valence-corrected chi connectivity index (χ3v) is 4.78. The lowest BCUT2D eigenvalue weighted by Crippen LogP contribution is -2.27. The van der Waals surface area contributed by atoms with Gasteiger partial charge >= 0.3 is 0 Å². The summed E-state index contributed by atoms with van der Waals surface area (Å²) < 4.78 is 0. The summed E-state index contributed by atoms with van der Waals surface area (Å²) in [7, 11) is 0. The van der Waals surface area contributed by atoms with E-state index in [9.17, 15) is 4.79 Å². The SMILES string of the molecule is CC1CCC(CCNC(=O)c2cc(S)ccc2Cl)CC1. The zero-order chi connectivity index (χ0) is 14.5. The first-order chi connectivity index (χ1) is 9.56. The van der Waals surface area contributed by atoms with E-state index in [1.807, 2.05) is 0 Å². The highest BCUT2D eigenvalue weighted by Crippen LogP contribution is 2.30. The maximum absolute atomic E-state index is 12.1. The van der Waals surface area contributed by atoms with Crippen LogP contribution in [0.25, 0.3) is 0 Å². The van der Waals surface area contributed by atoms with Gasteiger partial charge in [0.25, 0.3) is 5.91 Å². The lowest BCUT2D eigenvalue weighted by Gasteiger charge is -2.26. The number of thiol groups is 1. The highest BCUT2D eigenvalue weighted by atomic mass is 35.5. The van der Waals surface area contributed by atoms with Crippen molar-refractivity contribution in [3.63, 3.8) is 0 Å². The fourth-order valence-corrected chi connectivity index (χ4v) is 3.20. The van der Waals surface area contributed by atoms with Gasteiger partial charge in [-0.25, -0.2) is 0 Å². The molecular weight excluding hydrogens is 290 g/mol. The Labute approximate surface area is 131 Å². The normalized spacial score (nSPS) is 22.6. The smallest absolute Gasteiger partial charge is 0.252 e. The van der Waals surface area contributed by atoms with E-state index in [-0.39, 0.29) is 5.91 Å². The van der Waals surface area contributed by atoms with E-state index < -0.39 is 0 Å². The Morgan fingerprint density at radius 1 is 1.35 bits per heavy atom. The molecular formula is C16H22ClNOS. The number of nitrogens with one attached hydrogen (secondary N) is 1. The van der Waals surface area contributed by atoms with E-state index in [2.05, 4.69) is 24.9 Å². The molecule has 0 aliphatic heterocycles. The summed E-state index contributed by atoms with van der Waals surface area (Å²) in [6.45, 7) is 3.05. The van der Waals surface area contributed by atoms with Crippen LogP contribution in [0.1, 0.15) is 49.4 Å². The van der Waals surface area contributed by atoms with Crippen LogP contribution in [-0.2, 0) is 0 Å². The molecule has 0 bridgehead atoms. The molecule has 1 aliphatic carbocycles. The van der Waals surface area contributed by atoms with Crippen LogP contribution >= 0.6 is 24.2 Å². The van der Waals surface area contributed by atoms with Crippen molar-refractivity contribution in [2.24, 2.45) is 11.8 Å². The molecule has 2 rings (SSSR count). The summed E-state index contributed by atoms with van der Waals surface area (Å²) in [5, 5.41) is 3.45. The molecule has 20 heavy (non-hydrogen) atoms. The molecule has 0 heterocycles. The van der Waals surface area contributed by atoms with Crippen molar-refractivity contribution in [1.82, 2.24) is 5.32 Å². The molecule has 0 aromatic heterocycles. The Bertz CT molecular complexity index is 470. The van der Waals surface area contributed by atoms with Crippen LogP contribution in [-0.4, -0.2) is 12.5 Å². The van der Waals surface area contributed by atoms with Crippen LogP contribution in [0.5, 0.6) is 0 Å². The van der Waals surface area contributed by atoms with Crippen molar-refractivity contribution >= 4 is 30.1 Å². The van der Waals surface area contributed by atoms with Crippen LogP contribution in [0.3, 0.4) is 0 Å². The molecule has 110 valence electrons. The summed E-state index contributed by atoms with van der Waals surface area (Å²) in [6.07, 6.45) is 6.31. The molecule has 2 nitrogen and oxygen atoms in total. The summed E-state index contributed by atoms with van der Waals surface area (Å²) in [5.74, 6) is 1.53. The predicted molar refractivity (Wildman–Crippen MR) is 86.8 cm³/mol. The number of halogens is 1. The topological polar surface area (TPSA) is 29.1 Å². The van der Waals surface area contributed by atoms with Gasteiger partial charge in [-0.1, -0.05) is 44.2 Å². The van der Waals surface area contributed by atoms with Crippen molar-refractivity contribution in [3.8, 4) is 0 Å². The maximum Gasteiger partial charge on any atom is 0.252 e. The zero-order valence-corrected chi connectivity index (χ0v) is 13.5. The molecule has 1 aromatic carbocycles. The second-order valence-corrected chi connectivity index (χ2v) is 6.76. The Morgan fingerprint density at radius 2 is 2.05 bits per heavy atom. The fraction of sp³-hybridized carbons (Fsp3) is 0.562. The van der Waals surface area contributed by atoms with E-state index in [0.29, 0.717) is 10.6 Å². The molecule has 1 fully saturated rings. The third kappa shape index (κ3) is 4.42. The van der Waals surface area contributed by atoms with Crippen molar-refractivity contribution < 1.29 is 4.79 Å². The van der Waals surface area contributed by atoms with Gasteiger partial charge in [0.05, 0.1) is 10.6 Å². The molecule has 1 amide bonds. The standard InChI is InChI=1S/C16H22ClNOS/c1-11-2-4-12(5-3-11)8-9-18-16(19)14-10-13(20)6-7-15(14)17/h6-7,10-12,20H,2-5,8-9H2,1H3,(H,18,19). The summed E-state index contributed by atoms with van der Waals surface area (Å²) in [5.41, 5.74) is 0.511. The fourth-order valence-electron chi connectivity index (χ4n) is 2.79. The van der Waals surface area contributed by atoms with Gasteiger partial charge in [0.2, 0.25) is 0 Å². The molecule has 1 saturated carbocycles. The van der Waals surface area contributed by atoms with Crippen LogP contribution in [0, 0.1) is 11.8 Å². The molecule has 4 heteroatoms. The maximum atomic E-state index is 12.1. The lowest BCUT2D eigenvalue weighted by atomic mass is 9.81. The van der Waals surface area contributed by atoms with E-state index in [0.717, 1.165) is 29.7 Å². The highest BCUT2D eigenvalue weighted by Gasteiger charge is 2.18. The van der Waals surface area contributed by atoms with Crippen LogP contribution in [0.2, 0.25) is 5.02 Å². The highest BCUT2D eigenvalue weighted by molar-refractivity contribution is 7.80. The molecule has 0 saturated heterocycles. The van der Waals surface area contributed by atoms with Crippen LogP contribution in [0.4, 0.5) is 0 Å². The first kappa shape index (κ1) is 15.7. The largest absolute Gasteiger partial charge is 0.352 e. The minimum absolute atomic E-state index is 0.102. The van der Waals surface area contributed by atoms with Gasteiger partial charge < -0.3 is 5.32 Å². The van der Waals surface area contributed by atoms with Crippen molar-refractivity contribution in [1.29, 1.82) is 0 Å². The van der Waals surface area contributed by atoms with Gasteiger partial charge in [-0.15, -0.1) is 12.6 Å². The number of hydrogen-bond acceptors (Lipinski definition) is 2.